The van der Waals surface area contributed by atoms with Crippen LogP contribution in [0.5, 0.6) is 0 Å². The molecule has 3 nitrogen and oxygen atoms in total. The molecule has 0 rings (SSSR count). The Morgan fingerprint density at radius 1 is 1.36 bits per heavy atom. The average Bonchev–Trinajstić information content (AvgIpc) is 2.02. The van der Waals surface area contributed by atoms with Crippen molar-refractivity contribution in [1.82, 2.24) is 10.6 Å². The van der Waals surface area contributed by atoms with E-state index in [4.69, 9.17) is 0 Å². The zero-order valence-electron chi connectivity index (χ0n) is 9.52. The summed E-state index contributed by atoms with van der Waals surface area (Å²) in [6, 6.07) is 0. The van der Waals surface area contributed by atoms with E-state index in [9.17, 15) is 4.79 Å². The molecule has 0 aromatic rings. The van der Waals surface area contributed by atoms with Gasteiger partial charge in [-0.1, -0.05) is 26.0 Å². The summed E-state index contributed by atoms with van der Waals surface area (Å²) in [7, 11) is 0. The van der Waals surface area contributed by atoms with Crippen LogP contribution in [0, 0.1) is 5.92 Å². The van der Waals surface area contributed by atoms with E-state index in [1.807, 2.05) is 6.92 Å². The van der Waals surface area contributed by atoms with Crippen molar-refractivity contribution in [2.24, 2.45) is 5.92 Å². The van der Waals surface area contributed by atoms with Gasteiger partial charge in [0.15, 0.2) is 0 Å². The van der Waals surface area contributed by atoms with Crippen molar-refractivity contribution < 1.29 is 4.79 Å². The lowest BCUT2D eigenvalue weighted by Crippen LogP contribution is -2.35. The predicted octanol–water partition coefficient (Wildman–Crippen LogP) is 1.31. The molecule has 14 heavy (non-hydrogen) atoms. The van der Waals surface area contributed by atoms with Gasteiger partial charge in [0, 0.05) is 13.1 Å². The molecule has 3 heteroatoms. The number of amides is 1. The first kappa shape index (κ1) is 13.2. The Kier molecular flexibility index (Phi) is 7.11. The summed E-state index contributed by atoms with van der Waals surface area (Å²) < 4.78 is 0. The Balaban J connectivity index is 3.33. The topological polar surface area (TPSA) is 41.1 Å². The first-order valence-corrected chi connectivity index (χ1v) is 5.14. The lowest BCUT2D eigenvalue weighted by atomic mass is 10.1. The second-order valence-corrected chi connectivity index (χ2v) is 4.09. The lowest BCUT2D eigenvalue weighted by molar-refractivity contribution is -0.120. The molecule has 0 heterocycles. The van der Waals surface area contributed by atoms with Gasteiger partial charge in [0.05, 0.1) is 6.54 Å². The molecule has 0 radical (unpaired) electrons. The maximum absolute atomic E-state index is 11.2. The molecule has 2 N–H and O–H groups in total. The van der Waals surface area contributed by atoms with Gasteiger partial charge < -0.3 is 10.6 Å². The highest BCUT2D eigenvalue weighted by Crippen LogP contribution is 1.95. The first-order chi connectivity index (χ1) is 6.52. The van der Waals surface area contributed by atoms with Gasteiger partial charge in [0.1, 0.15) is 0 Å². The largest absolute Gasteiger partial charge is 0.355 e. The summed E-state index contributed by atoms with van der Waals surface area (Å²) in [4.78, 5) is 11.2. The van der Waals surface area contributed by atoms with E-state index in [1.165, 1.54) is 0 Å². The van der Waals surface area contributed by atoms with Gasteiger partial charge in [-0.2, -0.15) is 0 Å². The maximum atomic E-state index is 11.2. The normalized spacial score (nSPS) is 10.3. The standard InChI is InChI=1S/C11H22N2O/c1-9(2)5-6-13-11(14)8-12-7-10(3)4/h9,12H,3,5-8H2,1-2,4H3,(H,13,14). The molecule has 0 fully saturated rings. The number of rotatable bonds is 7. The summed E-state index contributed by atoms with van der Waals surface area (Å²) in [5, 5.41) is 5.87. The predicted molar refractivity (Wildman–Crippen MR) is 60.1 cm³/mol. The highest BCUT2D eigenvalue weighted by atomic mass is 16.1. The Bertz CT molecular complexity index is 188. The van der Waals surface area contributed by atoms with Crippen molar-refractivity contribution in [3.05, 3.63) is 12.2 Å². The molecule has 0 unspecified atom stereocenters. The molecule has 0 aliphatic heterocycles. The molecule has 0 aromatic carbocycles. The van der Waals surface area contributed by atoms with Gasteiger partial charge in [-0.3, -0.25) is 4.79 Å². The quantitative estimate of drug-likeness (QED) is 0.606. The smallest absolute Gasteiger partial charge is 0.233 e. The van der Waals surface area contributed by atoms with E-state index in [0.717, 1.165) is 18.5 Å². The third kappa shape index (κ3) is 9.26. The first-order valence-electron chi connectivity index (χ1n) is 5.14. The molecular weight excluding hydrogens is 176 g/mol. The lowest BCUT2D eigenvalue weighted by Gasteiger charge is -2.07. The number of hydrogen-bond donors (Lipinski definition) is 2. The van der Waals surface area contributed by atoms with Crippen molar-refractivity contribution in [1.29, 1.82) is 0 Å². The van der Waals surface area contributed by atoms with E-state index in [2.05, 4.69) is 31.1 Å². The molecule has 0 aromatic heterocycles. The maximum Gasteiger partial charge on any atom is 0.233 e. The van der Waals surface area contributed by atoms with Crippen molar-refractivity contribution >= 4 is 5.91 Å². The van der Waals surface area contributed by atoms with E-state index < -0.39 is 0 Å². The fraction of sp³-hybridized carbons (Fsp3) is 0.727. The molecule has 0 saturated carbocycles. The van der Waals surface area contributed by atoms with Gasteiger partial charge in [0.2, 0.25) is 5.91 Å². The summed E-state index contributed by atoms with van der Waals surface area (Å²) in [5.74, 6) is 0.700. The van der Waals surface area contributed by atoms with Gasteiger partial charge in [0.25, 0.3) is 0 Å². The highest BCUT2D eigenvalue weighted by Gasteiger charge is 2.00. The van der Waals surface area contributed by atoms with Crippen LogP contribution in [0.3, 0.4) is 0 Å². The van der Waals surface area contributed by atoms with Crippen LogP contribution in [0.4, 0.5) is 0 Å². The zero-order chi connectivity index (χ0) is 11.0. The number of nitrogens with one attached hydrogen (secondary N) is 2. The average molecular weight is 198 g/mol. The number of carbonyl (C=O) groups is 1. The minimum Gasteiger partial charge on any atom is -0.355 e. The molecule has 82 valence electrons. The van der Waals surface area contributed by atoms with Gasteiger partial charge in [-0.25, -0.2) is 0 Å². The molecule has 0 aliphatic carbocycles. The van der Waals surface area contributed by atoms with E-state index in [0.29, 0.717) is 19.0 Å². The molecule has 0 spiro atoms. The summed E-state index contributed by atoms with van der Waals surface area (Å²) in [5.41, 5.74) is 1.04. The monoisotopic (exact) mass is 198 g/mol. The Hall–Kier alpha value is -0.830. The fourth-order valence-corrected chi connectivity index (χ4v) is 0.952. The summed E-state index contributed by atoms with van der Waals surface area (Å²) in [6.07, 6.45) is 1.03. The third-order valence-corrected chi connectivity index (χ3v) is 1.76. The Morgan fingerprint density at radius 2 is 2.00 bits per heavy atom. The Morgan fingerprint density at radius 3 is 2.50 bits per heavy atom. The van der Waals surface area contributed by atoms with Crippen LogP contribution in [0.15, 0.2) is 12.2 Å². The van der Waals surface area contributed by atoms with Crippen LogP contribution in [0.25, 0.3) is 0 Å². The van der Waals surface area contributed by atoms with Crippen LogP contribution in [0.2, 0.25) is 0 Å². The van der Waals surface area contributed by atoms with Crippen molar-refractivity contribution in [2.75, 3.05) is 19.6 Å². The van der Waals surface area contributed by atoms with Gasteiger partial charge >= 0.3 is 0 Å². The van der Waals surface area contributed by atoms with Crippen LogP contribution in [-0.4, -0.2) is 25.5 Å². The van der Waals surface area contributed by atoms with E-state index in [-0.39, 0.29) is 5.91 Å². The molecule has 0 atom stereocenters. The second kappa shape index (κ2) is 7.56. The SMILES string of the molecule is C=C(C)CNCC(=O)NCCC(C)C. The van der Waals surface area contributed by atoms with Crippen LogP contribution in [0.1, 0.15) is 27.2 Å². The molecular formula is C11H22N2O. The number of hydrogen-bond acceptors (Lipinski definition) is 2. The van der Waals surface area contributed by atoms with Gasteiger partial charge in [-0.05, 0) is 19.3 Å². The fourth-order valence-electron chi connectivity index (χ4n) is 0.952. The molecule has 1 amide bonds. The van der Waals surface area contributed by atoms with Crippen LogP contribution in [-0.2, 0) is 4.79 Å². The van der Waals surface area contributed by atoms with Crippen molar-refractivity contribution in [3.8, 4) is 0 Å². The highest BCUT2D eigenvalue weighted by molar-refractivity contribution is 5.77. The van der Waals surface area contributed by atoms with Crippen molar-refractivity contribution in [2.45, 2.75) is 27.2 Å². The second-order valence-electron chi connectivity index (χ2n) is 4.09. The number of carbonyl (C=O) groups excluding carboxylic acids is 1. The van der Waals surface area contributed by atoms with E-state index in [1.54, 1.807) is 0 Å². The molecule has 0 saturated heterocycles. The van der Waals surface area contributed by atoms with Gasteiger partial charge in [-0.15, -0.1) is 0 Å². The molecule has 0 bridgehead atoms. The third-order valence-electron chi connectivity index (χ3n) is 1.76. The van der Waals surface area contributed by atoms with E-state index >= 15 is 0 Å². The van der Waals surface area contributed by atoms with Crippen LogP contribution >= 0.6 is 0 Å². The summed E-state index contributed by atoms with van der Waals surface area (Å²) >= 11 is 0. The minimum atomic E-state index is 0.0619. The minimum absolute atomic E-state index is 0.0619. The zero-order valence-corrected chi connectivity index (χ0v) is 9.52. The Labute approximate surface area is 87.0 Å². The summed E-state index contributed by atoms with van der Waals surface area (Å²) in [6.45, 7) is 11.8. The van der Waals surface area contributed by atoms with Crippen molar-refractivity contribution in [3.63, 3.8) is 0 Å². The van der Waals surface area contributed by atoms with Crippen LogP contribution < -0.4 is 10.6 Å². The molecule has 0 aliphatic rings.